The van der Waals surface area contributed by atoms with Gasteiger partial charge in [-0.1, -0.05) is 12.1 Å². The lowest BCUT2D eigenvalue weighted by molar-refractivity contribution is -0.119. The largest absolute Gasteiger partial charge is 0.367 e. The van der Waals surface area contributed by atoms with Crippen molar-refractivity contribution in [3.8, 4) is 0 Å². The molecule has 0 saturated carbocycles. The first-order valence-electron chi connectivity index (χ1n) is 7.27. The van der Waals surface area contributed by atoms with Gasteiger partial charge in [0.15, 0.2) is 0 Å². The van der Waals surface area contributed by atoms with E-state index in [9.17, 15) is 14.0 Å². The van der Waals surface area contributed by atoms with E-state index in [0.29, 0.717) is 12.3 Å². The van der Waals surface area contributed by atoms with Crippen molar-refractivity contribution in [3.05, 3.63) is 57.8 Å². The number of nitrogens with one attached hydrogen (secondary N) is 1. The molecule has 1 aromatic carbocycles. The molecule has 1 aliphatic heterocycles. The summed E-state index contributed by atoms with van der Waals surface area (Å²) in [6, 6.07) is 6.40. The molecule has 3 rings (SSSR count). The summed E-state index contributed by atoms with van der Waals surface area (Å²) in [5.74, 6) is -1.06. The number of anilines is 1. The average Bonchev–Trinajstić information content (AvgIpc) is 2.88. The molecule has 23 heavy (non-hydrogen) atoms. The molecule has 6 nitrogen and oxygen atoms in total. The van der Waals surface area contributed by atoms with Gasteiger partial charge < -0.3 is 10.1 Å². The number of amides is 1. The number of benzene rings is 1. The Kier molecular flexibility index (Phi) is 3.96. The van der Waals surface area contributed by atoms with Crippen LogP contribution in [0.3, 0.4) is 0 Å². The molecular formula is C16H16FN3O3. The van der Waals surface area contributed by atoms with Crippen LogP contribution >= 0.6 is 0 Å². The van der Waals surface area contributed by atoms with E-state index in [0.717, 1.165) is 10.2 Å². The van der Waals surface area contributed by atoms with Crippen LogP contribution in [0.1, 0.15) is 37.3 Å². The van der Waals surface area contributed by atoms with Gasteiger partial charge in [0.05, 0.1) is 24.1 Å². The van der Waals surface area contributed by atoms with Crippen LogP contribution in [0.5, 0.6) is 0 Å². The van der Waals surface area contributed by atoms with Gasteiger partial charge in [0, 0.05) is 11.6 Å². The molecular weight excluding hydrogens is 301 g/mol. The number of carbonyl (C=O) groups excluding carboxylic acids is 1. The molecule has 0 saturated heterocycles. The van der Waals surface area contributed by atoms with Gasteiger partial charge >= 0.3 is 0 Å². The zero-order valence-corrected chi connectivity index (χ0v) is 12.7. The fourth-order valence-corrected chi connectivity index (χ4v) is 2.46. The van der Waals surface area contributed by atoms with E-state index in [1.807, 2.05) is 6.92 Å². The number of aromatic nitrogens is 2. The van der Waals surface area contributed by atoms with E-state index in [4.69, 9.17) is 4.74 Å². The van der Waals surface area contributed by atoms with Crippen molar-refractivity contribution in [2.75, 3.05) is 5.32 Å². The topological polar surface area (TPSA) is 73.2 Å². The molecule has 0 spiro atoms. The lowest BCUT2D eigenvalue weighted by Crippen LogP contribution is -2.34. The number of rotatable bonds is 3. The predicted molar refractivity (Wildman–Crippen MR) is 81.4 cm³/mol. The quantitative estimate of drug-likeness (QED) is 0.941. The van der Waals surface area contributed by atoms with E-state index in [1.165, 1.54) is 31.2 Å². The molecule has 0 unspecified atom stereocenters. The molecule has 2 heterocycles. The van der Waals surface area contributed by atoms with E-state index < -0.39 is 23.3 Å². The maximum atomic E-state index is 13.6. The third-order valence-corrected chi connectivity index (χ3v) is 3.82. The molecule has 0 fully saturated rings. The molecule has 1 amide bonds. The smallest absolute Gasteiger partial charge is 0.267 e. The molecule has 0 radical (unpaired) electrons. The lowest BCUT2D eigenvalue weighted by atomic mass is 10.2. The SMILES string of the molecule is C[C@H]1OCc2cc(=O)n([C@@H](C)C(=O)Nc3ccccc3F)nc21. The molecule has 2 aromatic rings. The molecule has 1 aromatic heterocycles. The third-order valence-electron chi connectivity index (χ3n) is 3.82. The van der Waals surface area contributed by atoms with Crippen LogP contribution in [0.15, 0.2) is 35.1 Å². The number of para-hydroxylation sites is 1. The number of fused-ring (bicyclic) bond motifs is 1. The lowest BCUT2D eigenvalue weighted by Gasteiger charge is -2.15. The average molecular weight is 317 g/mol. The summed E-state index contributed by atoms with van der Waals surface area (Å²) in [5.41, 5.74) is 1.06. The number of nitrogens with zero attached hydrogens (tertiary/aromatic N) is 2. The summed E-state index contributed by atoms with van der Waals surface area (Å²) < 4.78 is 20.1. The summed E-state index contributed by atoms with van der Waals surface area (Å²) in [7, 11) is 0. The van der Waals surface area contributed by atoms with Crippen LogP contribution in [0.4, 0.5) is 10.1 Å². The van der Waals surface area contributed by atoms with E-state index in [1.54, 1.807) is 6.07 Å². The fraction of sp³-hybridized carbons (Fsp3) is 0.312. The second-order valence-corrected chi connectivity index (χ2v) is 5.44. The summed E-state index contributed by atoms with van der Waals surface area (Å²) in [5, 5.41) is 6.71. The highest BCUT2D eigenvalue weighted by molar-refractivity contribution is 5.93. The molecule has 0 aliphatic carbocycles. The van der Waals surface area contributed by atoms with E-state index in [-0.39, 0.29) is 11.8 Å². The number of ether oxygens (including phenoxy) is 1. The number of hydrogen-bond acceptors (Lipinski definition) is 4. The zero-order valence-electron chi connectivity index (χ0n) is 12.7. The molecule has 120 valence electrons. The number of halogens is 1. The Bertz CT molecular complexity index is 818. The summed E-state index contributed by atoms with van der Waals surface area (Å²) in [6.07, 6.45) is -0.223. The first kappa shape index (κ1) is 15.4. The Morgan fingerprint density at radius 3 is 2.96 bits per heavy atom. The van der Waals surface area contributed by atoms with Crippen molar-refractivity contribution < 1.29 is 13.9 Å². The molecule has 2 atom stereocenters. The van der Waals surface area contributed by atoms with Crippen LogP contribution in [0.2, 0.25) is 0 Å². The van der Waals surface area contributed by atoms with Gasteiger partial charge in [-0.05, 0) is 26.0 Å². The van der Waals surface area contributed by atoms with Crippen LogP contribution in [-0.2, 0) is 16.1 Å². The molecule has 1 N–H and O–H groups in total. The molecule has 0 bridgehead atoms. The minimum absolute atomic E-state index is 0.0651. The summed E-state index contributed by atoms with van der Waals surface area (Å²) >= 11 is 0. The van der Waals surface area contributed by atoms with Crippen LogP contribution < -0.4 is 10.9 Å². The van der Waals surface area contributed by atoms with Gasteiger partial charge in [-0.15, -0.1) is 0 Å². The minimum atomic E-state index is -0.875. The van der Waals surface area contributed by atoms with Gasteiger partial charge in [0.25, 0.3) is 5.56 Å². The van der Waals surface area contributed by atoms with Crippen molar-refractivity contribution in [1.29, 1.82) is 0 Å². The first-order valence-corrected chi connectivity index (χ1v) is 7.27. The Morgan fingerprint density at radius 2 is 2.22 bits per heavy atom. The molecule has 7 heteroatoms. The highest BCUT2D eigenvalue weighted by atomic mass is 19.1. The highest BCUT2D eigenvalue weighted by Gasteiger charge is 2.26. The third kappa shape index (κ3) is 2.87. The van der Waals surface area contributed by atoms with Gasteiger partial charge in [-0.3, -0.25) is 9.59 Å². The maximum Gasteiger partial charge on any atom is 0.267 e. The van der Waals surface area contributed by atoms with Crippen molar-refractivity contribution >= 4 is 11.6 Å². The van der Waals surface area contributed by atoms with Gasteiger partial charge in [0.2, 0.25) is 5.91 Å². The Hall–Kier alpha value is -2.54. The van der Waals surface area contributed by atoms with Crippen molar-refractivity contribution in [2.24, 2.45) is 0 Å². The van der Waals surface area contributed by atoms with Crippen molar-refractivity contribution in [1.82, 2.24) is 9.78 Å². The Balaban J connectivity index is 1.87. The van der Waals surface area contributed by atoms with Crippen LogP contribution in [0, 0.1) is 5.82 Å². The monoisotopic (exact) mass is 317 g/mol. The van der Waals surface area contributed by atoms with Crippen LogP contribution in [-0.4, -0.2) is 15.7 Å². The molecule has 1 aliphatic rings. The first-order chi connectivity index (χ1) is 11.0. The predicted octanol–water partition coefficient (Wildman–Crippen LogP) is 2.17. The minimum Gasteiger partial charge on any atom is -0.367 e. The number of hydrogen-bond donors (Lipinski definition) is 1. The normalized spacial score (nSPS) is 17.6. The van der Waals surface area contributed by atoms with Gasteiger partial charge in [-0.25, -0.2) is 9.07 Å². The maximum absolute atomic E-state index is 13.6. The fourth-order valence-electron chi connectivity index (χ4n) is 2.46. The van der Waals surface area contributed by atoms with Crippen molar-refractivity contribution in [2.45, 2.75) is 32.6 Å². The van der Waals surface area contributed by atoms with E-state index in [2.05, 4.69) is 10.4 Å². The van der Waals surface area contributed by atoms with Gasteiger partial charge in [0.1, 0.15) is 11.9 Å². The number of carbonyl (C=O) groups is 1. The Labute approximate surface area is 131 Å². The standard InChI is InChI=1S/C16H16FN3O3/c1-9(16(22)18-13-6-4-3-5-12(13)17)20-14(21)7-11-8-23-10(2)15(11)19-20/h3-7,9-10H,8H2,1-2H3,(H,18,22)/t9-,10+/m0/s1. The van der Waals surface area contributed by atoms with Crippen LogP contribution in [0.25, 0.3) is 0 Å². The highest BCUT2D eigenvalue weighted by Crippen LogP contribution is 2.27. The Morgan fingerprint density at radius 1 is 1.48 bits per heavy atom. The summed E-state index contributed by atoms with van der Waals surface area (Å²) in [6.45, 7) is 3.71. The van der Waals surface area contributed by atoms with Crippen molar-refractivity contribution in [3.63, 3.8) is 0 Å². The second kappa shape index (κ2) is 5.92. The van der Waals surface area contributed by atoms with Gasteiger partial charge in [-0.2, -0.15) is 5.10 Å². The second-order valence-electron chi connectivity index (χ2n) is 5.44. The van der Waals surface area contributed by atoms with E-state index >= 15 is 0 Å². The zero-order chi connectivity index (χ0) is 16.6. The summed E-state index contributed by atoms with van der Waals surface area (Å²) in [4.78, 5) is 24.4.